The second kappa shape index (κ2) is 9.27. The van der Waals surface area contributed by atoms with Gasteiger partial charge in [0.15, 0.2) is 0 Å². The lowest BCUT2D eigenvalue weighted by molar-refractivity contribution is 0.122. The molecule has 28 heavy (non-hydrogen) atoms. The molecule has 0 bridgehead atoms. The predicted octanol–water partition coefficient (Wildman–Crippen LogP) is 7.45. The van der Waals surface area contributed by atoms with Crippen LogP contribution in [0, 0.1) is 5.92 Å². The van der Waals surface area contributed by atoms with Crippen molar-refractivity contribution in [2.75, 3.05) is 0 Å². The van der Waals surface area contributed by atoms with Crippen LogP contribution in [-0.2, 0) is 0 Å². The van der Waals surface area contributed by atoms with Gasteiger partial charge in [-0.05, 0) is 91.4 Å². The molecule has 1 heteroatoms. The number of hydrogen-bond acceptors (Lipinski definition) is 1. The Labute approximate surface area is 171 Å². The average molecular weight is 377 g/mol. The Morgan fingerprint density at radius 3 is 1.50 bits per heavy atom. The molecule has 2 saturated carbocycles. The van der Waals surface area contributed by atoms with E-state index in [4.69, 9.17) is 0 Å². The van der Waals surface area contributed by atoms with E-state index in [0.717, 1.165) is 37.5 Å². The molecule has 2 fully saturated rings. The van der Waals surface area contributed by atoms with E-state index < -0.39 is 0 Å². The Kier molecular flexibility index (Phi) is 6.52. The van der Waals surface area contributed by atoms with Crippen LogP contribution in [-0.4, -0.2) is 11.2 Å². The van der Waals surface area contributed by atoms with Crippen LogP contribution in [0.25, 0.3) is 11.1 Å². The van der Waals surface area contributed by atoms with Gasteiger partial charge in [0.1, 0.15) is 0 Å². The zero-order valence-electron chi connectivity index (χ0n) is 17.4. The molecular weight excluding hydrogens is 340 g/mol. The second-order valence-corrected chi connectivity index (χ2v) is 9.26. The first-order chi connectivity index (χ1) is 13.7. The molecule has 2 aliphatic rings. The third kappa shape index (κ3) is 4.69. The summed E-state index contributed by atoms with van der Waals surface area (Å²) in [5, 5.41) is 9.72. The topological polar surface area (TPSA) is 20.2 Å². The molecule has 0 spiro atoms. The minimum atomic E-state index is -0.0734. The Hall–Kier alpha value is -1.60. The molecule has 150 valence electrons. The second-order valence-electron chi connectivity index (χ2n) is 9.26. The largest absolute Gasteiger partial charge is 0.393 e. The van der Waals surface area contributed by atoms with Crippen LogP contribution in [0.15, 0.2) is 48.5 Å². The highest BCUT2D eigenvalue weighted by Gasteiger charge is 2.22. The van der Waals surface area contributed by atoms with Crippen molar-refractivity contribution in [2.45, 2.75) is 89.1 Å². The van der Waals surface area contributed by atoms with Gasteiger partial charge >= 0.3 is 0 Å². The van der Waals surface area contributed by atoms with E-state index in [9.17, 15) is 5.11 Å². The normalized spacial score (nSPS) is 28.2. The van der Waals surface area contributed by atoms with Gasteiger partial charge in [-0.15, -0.1) is 0 Å². The summed E-state index contributed by atoms with van der Waals surface area (Å²) in [4.78, 5) is 0. The fourth-order valence-corrected chi connectivity index (χ4v) is 5.50. The van der Waals surface area contributed by atoms with Crippen molar-refractivity contribution in [3.63, 3.8) is 0 Å². The van der Waals surface area contributed by atoms with Gasteiger partial charge in [0, 0.05) is 0 Å². The van der Waals surface area contributed by atoms with Crippen molar-refractivity contribution in [1.29, 1.82) is 0 Å². The molecule has 0 amide bonds. The van der Waals surface area contributed by atoms with Crippen molar-refractivity contribution in [1.82, 2.24) is 0 Å². The van der Waals surface area contributed by atoms with Crippen LogP contribution in [0.2, 0.25) is 0 Å². The lowest BCUT2D eigenvalue weighted by Gasteiger charge is -2.28. The van der Waals surface area contributed by atoms with Gasteiger partial charge in [-0.1, -0.05) is 68.3 Å². The minimum Gasteiger partial charge on any atom is -0.393 e. The van der Waals surface area contributed by atoms with Crippen molar-refractivity contribution >= 4 is 0 Å². The number of aliphatic hydroxyl groups is 1. The summed E-state index contributed by atoms with van der Waals surface area (Å²) >= 11 is 0. The lowest BCUT2D eigenvalue weighted by Crippen LogP contribution is -2.16. The minimum absolute atomic E-state index is 0.0734. The quantitative estimate of drug-likeness (QED) is 0.574. The van der Waals surface area contributed by atoms with E-state index in [0.29, 0.717) is 5.92 Å². The molecule has 1 N–H and O–H groups in total. The number of aliphatic hydroxyl groups excluding tert-OH is 1. The molecule has 2 aromatic rings. The Morgan fingerprint density at radius 1 is 0.643 bits per heavy atom. The summed E-state index contributed by atoms with van der Waals surface area (Å²) in [5.74, 6) is 2.38. The molecule has 4 rings (SSSR count). The Balaban J connectivity index is 1.37. The molecular formula is C27H36O. The van der Waals surface area contributed by atoms with Crippen LogP contribution >= 0.6 is 0 Å². The number of rotatable bonds is 5. The fourth-order valence-electron chi connectivity index (χ4n) is 5.50. The van der Waals surface area contributed by atoms with Gasteiger partial charge in [0.05, 0.1) is 6.10 Å². The molecule has 0 aromatic heterocycles. The van der Waals surface area contributed by atoms with Crippen LogP contribution in [0.1, 0.15) is 94.1 Å². The van der Waals surface area contributed by atoms with Gasteiger partial charge in [-0.3, -0.25) is 0 Å². The van der Waals surface area contributed by atoms with E-state index >= 15 is 0 Å². The zero-order valence-corrected chi connectivity index (χ0v) is 17.4. The average Bonchev–Trinajstić information content (AvgIpc) is 2.75. The van der Waals surface area contributed by atoms with Crippen LogP contribution < -0.4 is 0 Å². The monoisotopic (exact) mass is 376 g/mol. The van der Waals surface area contributed by atoms with E-state index in [1.54, 1.807) is 0 Å². The first kappa shape index (κ1) is 19.7. The summed E-state index contributed by atoms with van der Waals surface area (Å²) in [5.41, 5.74) is 5.62. The maximum absolute atomic E-state index is 9.72. The van der Waals surface area contributed by atoms with Gasteiger partial charge in [0.25, 0.3) is 0 Å². The maximum Gasteiger partial charge on any atom is 0.0540 e. The standard InChI is InChI=1S/C27H36O/c1-2-3-20-4-6-21(7-5-20)22-8-10-23(11-9-22)24-12-14-25(15-13-24)26-16-18-27(28)19-17-26/h8-15,20-21,26-28H,2-7,16-19H2,1H3. The van der Waals surface area contributed by atoms with Crippen molar-refractivity contribution in [3.8, 4) is 11.1 Å². The van der Waals surface area contributed by atoms with Crippen LogP contribution in [0.4, 0.5) is 0 Å². The van der Waals surface area contributed by atoms with E-state index in [1.165, 1.54) is 60.8 Å². The summed E-state index contributed by atoms with van der Waals surface area (Å²) < 4.78 is 0. The molecule has 0 saturated heterocycles. The Morgan fingerprint density at radius 2 is 1.07 bits per heavy atom. The summed E-state index contributed by atoms with van der Waals surface area (Å²) in [6.45, 7) is 2.32. The fraction of sp³-hybridized carbons (Fsp3) is 0.556. The SMILES string of the molecule is CCCC1CCC(c2ccc(-c3ccc(C4CCC(O)CC4)cc3)cc2)CC1. The molecule has 0 atom stereocenters. The van der Waals surface area contributed by atoms with Crippen LogP contribution in [0.5, 0.6) is 0 Å². The highest BCUT2D eigenvalue weighted by Crippen LogP contribution is 2.38. The third-order valence-electron chi connectivity index (χ3n) is 7.34. The maximum atomic E-state index is 9.72. The first-order valence-corrected chi connectivity index (χ1v) is 11.6. The molecule has 2 aromatic carbocycles. The first-order valence-electron chi connectivity index (χ1n) is 11.6. The number of benzene rings is 2. The molecule has 0 unspecified atom stereocenters. The Bertz CT molecular complexity index is 714. The highest BCUT2D eigenvalue weighted by molar-refractivity contribution is 5.64. The molecule has 0 heterocycles. The van der Waals surface area contributed by atoms with Crippen LogP contribution in [0.3, 0.4) is 0 Å². The predicted molar refractivity (Wildman–Crippen MR) is 119 cm³/mol. The molecule has 0 aliphatic heterocycles. The van der Waals surface area contributed by atoms with E-state index in [1.807, 2.05) is 0 Å². The summed E-state index contributed by atoms with van der Waals surface area (Å²) in [6.07, 6.45) is 12.4. The van der Waals surface area contributed by atoms with E-state index in [-0.39, 0.29) is 6.10 Å². The molecule has 0 radical (unpaired) electrons. The van der Waals surface area contributed by atoms with E-state index in [2.05, 4.69) is 55.5 Å². The lowest BCUT2D eigenvalue weighted by atomic mass is 9.77. The van der Waals surface area contributed by atoms with Crippen molar-refractivity contribution in [2.24, 2.45) is 5.92 Å². The smallest absolute Gasteiger partial charge is 0.0540 e. The van der Waals surface area contributed by atoms with Crippen molar-refractivity contribution < 1.29 is 5.11 Å². The van der Waals surface area contributed by atoms with Crippen molar-refractivity contribution in [3.05, 3.63) is 59.7 Å². The number of hydrogen-bond donors (Lipinski definition) is 1. The van der Waals surface area contributed by atoms with Gasteiger partial charge in [-0.25, -0.2) is 0 Å². The zero-order chi connectivity index (χ0) is 19.3. The molecule has 2 aliphatic carbocycles. The summed E-state index contributed by atoms with van der Waals surface area (Å²) in [6, 6.07) is 18.6. The summed E-state index contributed by atoms with van der Waals surface area (Å²) in [7, 11) is 0. The van der Waals surface area contributed by atoms with Gasteiger partial charge in [0.2, 0.25) is 0 Å². The molecule has 1 nitrogen and oxygen atoms in total. The van der Waals surface area contributed by atoms with Gasteiger partial charge in [-0.2, -0.15) is 0 Å². The van der Waals surface area contributed by atoms with Gasteiger partial charge < -0.3 is 5.11 Å². The highest BCUT2D eigenvalue weighted by atomic mass is 16.3. The third-order valence-corrected chi connectivity index (χ3v) is 7.34.